The summed E-state index contributed by atoms with van der Waals surface area (Å²) >= 11 is 0. The number of aliphatic hydroxyl groups is 1. The molecular weight excluding hydrogens is 428 g/mol. The van der Waals surface area contributed by atoms with Gasteiger partial charge in [-0.1, -0.05) is 48.5 Å². The summed E-state index contributed by atoms with van der Waals surface area (Å²) in [5.41, 5.74) is 4.48. The Balaban J connectivity index is 1.50. The molecule has 1 aliphatic carbocycles. The second kappa shape index (κ2) is 11.4. The average Bonchev–Trinajstić information content (AvgIpc) is 3.13. The highest BCUT2D eigenvalue weighted by Crippen LogP contribution is 2.44. The summed E-state index contributed by atoms with van der Waals surface area (Å²) < 4.78 is 10.7. The van der Waals surface area contributed by atoms with Crippen LogP contribution in [0.4, 0.5) is 4.79 Å². The van der Waals surface area contributed by atoms with Crippen LogP contribution < -0.4 is 10.6 Å². The van der Waals surface area contributed by atoms with Gasteiger partial charge in [0.15, 0.2) is 0 Å². The lowest BCUT2D eigenvalue weighted by Gasteiger charge is -2.19. The molecule has 9 heteroatoms. The maximum atomic E-state index is 12.3. The van der Waals surface area contributed by atoms with Gasteiger partial charge in [0.25, 0.3) is 0 Å². The number of carboxylic acid groups (broad SMARTS) is 1. The molecule has 0 bridgehead atoms. The van der Waals surface area contributed by atoms with Crippen molar-refractivity contribution in [3.63, 3.8) is 0 Å². The number of alkyl carbamates (subject to hydrolysis) is 1. The van der Waals surface area contributed by atoms with E-state index in [9.17, 15) is 14.4 Å². The molecule has 9 nitrogen and oxygen atoms in total. The molecule has 0 saturated carbocycles. The Morgan fingerprint density at radius 1 is 1.03 bits per heavy atom. The maximum Gasteiger partial charge on any atom is 0.407 e. The summed E-state index contributed by atoms with van der Waals surface area (Å²) in [6.07, 6.45) is -1.57. The molecule has 3 rings (SSSR count). The van der Waals surface area contributed by atoms with E-state index in [2.05, 4.69) is 22.8 Å². The molecule has 1 aliphatic rings. The van der Waals surface area contributed by atoms with Crippen LogP contribution in [0, 0.1) is 0 Å². The van der Waals surface area contributed by atoms with Crippen LogP contribution in [0.15, 0.2) is 48.5 Å². The number of carboxylic acids is 1. The molecule has 33 heavy (non-hydrogen) atoms. The molecule has 2 amide bonds. The standard InChI is InChI=1S/C24H28N2O7/c1-32-15(12-22(28)26-21(10-11-27)23(29)30)13-25-24(31)33-14-20-18-8-4-2-6-16(18)17-7-3-5-9-19(17)20/h2-9,15,20-21,27H,10-14H2,1H3,(H,25,31)(H,26,28)(H,29,30)/t15?,21-/m0/s1. The molecule has 0 heterocycles. The molecule has 1 unspecified atom stereocenters. The Labute approximate surface area is 191 Å². The number of carbonyl (C=O) groups is 3. The van der Waals surface area contributed by atoms with Crippen LogP contribution in [0.5, 0.6) is 0 Å². The fourth-order valence-corrected chi connectivity index (χ4v) is 3.93. The van der Waals surface area contributed by atoms with E-state index in [0.717, 1.165) is 22.3 Å². The topological polar surface area (TPSA) is 134 Å². The van der Waals surface area contributed by atoms with E-state index in [1.807, 2.05) is 36.4 Å². The summed E-state index contributed by atoms with van der Waals surface area (Å²) in [5.74, 6) is -1.85. The number of ether oxygens (including phenoxy) is 2. The van der Waals surface area contributed by atoms with Gasteiger partial charge in [-0.3, -0.25) is 4.79 Å². The van der Waals surface area contributed by atoms with Gasteiger partial charge in [-0.05, 0) is 22.3 Å². The van der Waals surface area contributed by atoms with E-state index in [-0.39, 0.29) is 38.5 Å². The van der Waals surface area contributed by atoms with Gasteiger partial charge < -0.3 is 30.3 Å². The van der Waals surface area contributed by atoms with Gasteiger partial charge in [-0.25, -0.2) is 9.59 Å². The fourth-order valence-electron chi connectivity index (χ4n) is 3.93. The minimum Gasteiger partial charge on any atom is -0.480 e. The molecule has 2 atom stereocenters. The van der Waals surface area contributed by atoms with Gasteiger partial charge in [-0.2, -0.15) is 0 Å². The number of fused-ring (bicyclic) bond motifs is 3. The van der Waals surface area contributed by atoms with E-state index in [1.54, 1.807) is 0 Å². The van der Waals surface area contributed by atoms with Crippen LogP contribution in [0.3, 0.4) is 0 Å². The zero-order valence-electron chi connectivity index (χ0n) is 18.3. The van der Waals surface area contributed by atoms with E-state index >= 15 is 0 Å². The minimum absolute atomic E-state index is 0.0122. The number of rotatable bonds is 11. The van der Waals surface area contributed by atoms with Crippen molar-refractivity contribution in [2.75, 3.05) is 26.9 Å². The first-order valence-electron chi connectivity index (χ1n) is 10.7. The van der Waals surface area contributed by atoms with E-state index in [4.69, 9.17) is 19.7 Å². The second-order valence-corrected chi connectivity index (χ2v) is 7.74. The normalized spacial score (nSPS) is 14.0. The molecule has 0 radical (unpaired) electrons. The lowest BCUT2D eigenvalue weighted by atomic mass is 9.98. The zero-order valence-corrected chi connectivity index (χ0v) is 18.3. The van der Waals surface area contributed by atoms with Crippen molar-refractivity contribution in [3.8, 4) is 11.1 Å². The molecular formula is C24H28N2O7. The largest absolute Gasteiger partial charge is 0.480 e. The van der Waals surface area contributed by atoms with Crippen LogP contribution in [-0.2, 0) is 19.1 Å². The smallest absolute Gasteiger partial charge is 0.407 e. The predicted octanol–water partition coefficient (Wildman–Crippen LogP) is 1.88. The number of hydrogen-bond acceptors (Lipinski definition) is 6. The molecule has 0 aliphatic heterocycles. The number of amides is 2. The van der Waals surface area contributed by atoms with E-state index < -0.39 is 30.1 Å². The number of nitrogens with one attached hydrogen (secondary N) is 2. The minimum atomic E-state index is -1.23. The number of aliphatic hydroxyl groups excluding tert-OH is 1. The lowest BCUT2D eigenvalue weighted by Crippen LogP contribution is -2.44. The van der Waals surface area contributed by atoms with Crippen molar-refractivity contribution in [1.82, 2.24) is 10.6 Å². The molecule has 176 valence electrons. The van der Waals surface area contributed by atoms with Gasteiger partial charge in [-0.15, -0.1) is 0 Å². The molecule has 0 saturated heterocycles. The van der Waals surface area contributed by atoms with Crippen molar-refractivity contribution >= 4 is 18.0 Å². The first-order valence-corrected chi connectivity index (χ1v) is 10.7. The molecule has 2 aromatic rings. The highest BCUT2D eigenvalue weighted by molar-refractivity contribution is 5.84. The van der Waals surface area contributed by atoms with Crippen LogP contribution in [0.25, 0.3) is 11.1 Å². The third-order valence-corrected chi connectivity index (χ3v) is 5.62. The highest BCUT2D eigenvalue weighted by atomic mass is 16.5. The van der Waals surface area contributed by atoms with E-state index in [0.29, 0.717) is 0 Å². The van der Waals surface area contributed by atoms with Crippen LogP contribution >= 0.6 is 0 Å². The first-order chi connectivity index (χ1) is 15.9. The highest BCUT2D eigenvalue weighted by Gasteiger charge is 2.29. The number of carbonyl (C=O) groups excluding carboxylic acids is 2. The number of benzene rings is 2. The van der Waals surface area contributed by atoms with Crippen molar-refractivity contribution in [2.24, 2.45) is 0 Å². The van der Waals surface area contributed by atoms with Crippen molar-refractivity contribution < 1.29 is 34.1 Å². The zero-order chi connectivity index (χ0) is 23.8. The van der Waals surface area contributed by atoms with Gasteiger partial charge in [0.1, 0.15) is 12.6 Å². The Morgan fingerprint density at radius 2 is 1.64 bits per heavy atom. The summed E-state index contributed by atoms with van der Waals surface area (Å²) in [6, 6.07) is 14.9. The van der Waals surface area contributed by atoms with Crippen LogP contribution in [0.2, 0.25) is 0 Å². The molecule has 0 aromatic heterocycles. The van der Waals surface area contributed by atoms with Crippen molar-refractivity contribution in [2.45, 2.75) is 30.9 Å². The maximum absolute atomic E-state index is 12.3. The third kappa shape index (κ3) is 6.09. The Morgan fingerprint density at radius 3 is 2.18 bits per heavy atom. The van der Waals surface area contributed by atoms with Crippen LogP contribution in [-0.4, -0.2) is 67.2 Å². The van der Waals surface area contributed by atoms with Crippen LogP contribution in [0.1, 0.15) is 29.9 Å². The fraction of sp³-hybridized carbons (Fsp3) is 0.375. The Kier molecular flexibility index (Phi) is 8.39. The molecule has 2 aromatic carbocycles. The molecule has 4 N–H and O–H groups in total. The average molecular weight is 456 g/mol. The number of aliphatic carboxylic acids is 1. The predicted molar refractivity (Wildman–Crippen MR) is 120 cm³/mol. The van der Waals surface area contributed by atoms with Gasteiger partial charge in [0.05, 0.1) is 12.5 Å². The summed E-state index contributed by atoms with van der Waals surface area (Å²) in [5, 5.41) is 22.9. The quantitative estimate of drug-likeness (QED) is 0.406. The van der Waals surface area contributed by atoms with Gasteiger partial charge in [0.2, 0.25) is 5.91 Å². The third-order valence-electron chi connectivity index (χ3n) is 5.62. The first kappa shape index (κ1) is 24.2. The Hall–Kier alpha value is -3.43. The molecule has 0 fully saturated rings. The number of hydrogen-bond donors (Lipinski definition) is 4. The SMILES string of the molecule is COC(CNC(=O)OCC1c2ccccc2-c2ccccc21)CC(=O)N[C@@H](CCO)C(=O)O. The molecule has 0 spiro atoms. The summed E-state index contributed by atoms with van der Waals surface area (Å²) in [7, 11) is 1.39. The monoisotopic (exact) mass is 456 g/mol. The van der Waals surface area contributed by atoms with E-state index in [1.165, 1.54) is 7.11 Å². The summed E-state index contributed by atoms with van der Waals surface area (Å²) in [4.78, 5) is 35.5. The Bertz CT molecular complexity index is 949. The summed E-state index contributed by atoms with van der Waals surface area (Å²) in [6.45, 7) is -0.188. The van der Waals surface area contributed by atoms with Crippen molar-refractivity contribution in [1.29, 1.82) is 0 Å². The lowest BCUT2D eigenvalue weighted by molar-refractivity contribution is -0.142. The van der Waals surface area contributed by atoms with Gasteiger partial charge >= 0.3 is 12.1 Å². The second-order valence-electron chi connectivity index (χ2n) is 7.74. The number of methoxy groups -OCH3 is 1. The van der Waals surface area contributed by atoms with Gasteiger partial charge in [0, 0.05) is 32.6 Å². The van der Waals surface area contributed by atoms with Crippen molar-refractivity contribution in [3.05, 3.63) is 59.7 Å².